The number of aliphatic hydroxyl groups excluding tert-OH is 4. The zero-order valence-corrected chi connectivity index (χ0v) is 21.8. The van der Waals surface area contributed by atoms with Crippen molar-refractivity contribution in [3.63, 3.8) is 0 Å². The summed E-state index contributed by atoms with van der Waals surface area (Å²) in [6.45, 7) is 11.4. The molecule has 1 aliphatic heterocycles. The van der Waals surface area contributed by atoms with Crippen molar-refractivity contribution in [3.8, 4) is 0 Å². The van der Waals surface area contributed by atoms with Crippen LogP contribution in [0.4, 0.5) is 0 Å². The smallest absolute Gasteiger partial charge is 0.332 e. The van der Waals surface area contributed by atoms with Gasteiger partial charge in [-0.2, -0.15) is 0 Å². The van der Waals surface area contributed by atoms with Gasteiger partial charge < -0.3 is 34.6 Å². The molecule has 12 atom stereocenters. The quantitative estimate of drug-likeness (QED) is 0.318. The normalized spacial score (nSPS) is 51.1. The van der Waals surface area contributed by atoms with Gasteiger partial charge in [-0.15, -0.1) is 6.58 Å². The highest BCUT2D eigenvalue weighted by atomic mass is 16.7. The van der Waals surface area contributed by atoms with Crippen LogP contribution in [0.25, 0.3) is 0 Å². The van der Waals surface area contributed by atoms with Crippen molar-refractivity contribution in [2.24, 2.45) is 34.0 Å². The molecule has 204 valence electrons. The molecule has 3 aliphatic carbocycles. The second-order valence-corrected chi connectivity index (χ2v) is 12.1. The lowest BCUT2D eigenvalue weighted by molar-refractivity contribution is -0.271. The number of carbonyl (C=O) groups excluding carboxylic acids is 2. The molecule has 1 saturated heterocycles. The molecule has 4 rings (SSSR count). The van der Waals surface area contributed by atoms with Gasteiger partial charge in [-0.1, -0.05) is 33.8 Å². The molecule has 0 amide bonds. The largest absolute Gasteiger partial charge is 0.460 e. The van der Waals surface area contributed by atoms with Crippen LogP contribution in [0, 0.1) is 34.0 Å². The van der Waals surface area contributed by atoms with E-state index >= 15 is 0 Å². The van der Waals surface area contributed by atoms with Gasteiger partial charge in [0, 0.05) is 23.2 Å². The Hall–Kier alpha value is -1.36. The molecule has 36 heavy (non-hydrogen) atoms. The third-order valence-corrected chi connectivity index (χ3v) is 10.4. The number of hydrogen-bond acceptors (Lipinski definition) is 9. The summed E-state index contributed by atoms with van der Waals surface area (Å²) in [5, 5.41) is 41.1. The van der Waals surface area contributed by atoms with Gasteiger partial charge in [-0.25, -0.2) is 4.79 Å². The van der Waals surface area contributed by atoms with Gasteiger partial charge in [0.1, 0.15) is 36.8 Å². The molecule has 0 radical (unpaired) electrons. The van der Waals surface area contributed by atoms with Gasteiger partial charge in [-0.05, 0) is 42.9 Å². The summed E-state index contributed by atoms with van der Waals surface area (Å²) in [4.78, 5) is 26.5. The molecule has 11 unspecified atom stereocenters. The SMILES string of the molecule is C=C[C@]1(C)CC(OC(=O)COC2OCC(O)C(O)C2O)C2(C)C(C)CCC3(CCC(=O)C32)C(C)C1O. The van der Waals surface area contributed by atoms with E-state index in [1.807, 2.05) is 6.92 Å². The van der Waals surface area contributed by atoms with E-state index in [4.69, 9.17) is 14.2 Å². The Morgan fingerprint density at radius 1 is 1.17 bits per heavy atom. The average molecular weight is 511 g/mol. The number of rotatable bonds is 5. The average Bonchev–Trinajstić information content (AvgIpc) is 3.20. The molecule has 1 heterocycles. The molecular formula is C27H42O9. The fraction of sp³-hybridized carbons (Fsp3) is 0.852. The minimum absolute atomic E-state index is 0.105. The monoisotopic (exact) mass is 510 g/mol. The van der Waals surface area contributed by atoms with E-state index in [1.54, 1.807) is 6.08 Å². The molecule has 0 aromatic carbocycles. The van der Waals surface area contributed by atoms with E-state index in [-0.39, 0.29) is 35.6 Å². The Morgan fingerprint density at radius 2 is 1.86 bits per heavy atom. The van der Waals surface area contributed by atoms with Crippen LogP contribution in [0.3, 0.4) is 0 Å². The molecule has 2 bridgehead atoms. The van der Waals surface area contributed by atoms with Crippen molar-refractivity contribution >= 4 is 11.8 Å². The minimum Gasteiger partial charge on any atom is -0.460 e. The van der Waals surface area contributed by atoms with E-state index in [0.717, 1.165) is 19.3 Å². The van der Waals surface area contributed by atoms with E-state index in [1.165, 1.54) is 0 Å². The molecule has 0 spiro atoms. The van der Waals surface area contributed by atoms with Crippen molar-refractivity contribution in [1.82, 2.24) is 0 Å². The standard InChI is InChI=1S/C27H42O9/c1-6-25(4)11-18(36-19(30)13-35-24-21(32)20(31)17(29)12-34-24)26(5)14(2)7-9-27(15(3)23(25)33)10-8-16(28)22(26)27/h6,14-15,17-18,20-24,29,31-33H,1,7-13H2,2-5H3/t14?,15?,17?,18?,20?,21?,22?,23?,24?,25-,26?,27?/m1/s1. The first-order chi connectivity index (χ1) is 16.8. The van der Waals surface area contributed by atoms with Crippen molar-refractivity contribution in [2.45, 2.75) is 96.6 Å². The van der Waals surface area contributed by atoms with Crippen molar-refractivity contribution in [3.05, 3.63) is 12.7 Å². The lowest BCUT2D eigenvalue weighted by atomic mass is 9.44. The summed E-state index contributed by atoms with van der Waals surface area (Å²) < 4.78 is 16.7. The predicted molar refractivity (Wildman–Crippen MR) is 128 cm³/mol. The van der Waals surface area contributed by atoms with Crippen LogP contribution in [0.1, 0.15) is 59.8 Å². The first kappa shape index (κ1) is 27.7. The number of aliphatic hydroxyl groups is 4. The summed E-state index contributed by atoms with van der Waals surface area (Å²) in [7, 11) is 0. The molecule has 9 heteroatoms. The van der Waals surface area contributed by atoms with Crippen molar-refractivity contribution in [1.29, 1.82) is 0 Å². The number of esters is 1. The Labute approximate surface area is 212 Å². The van der Waals surface area contributed by atoms with Crippen LogP contribution in [0.2, 0.25) is 0 Å². The second-order valence-electron chi connectivity index (χ2n) is 12.1. The van der Waals surface area contributed by atoms with Gasteiger partial charge in [0.05, 0.1) is 12.7 Å². The van der Waals surface area contributed by atoms with E-state index in [0.29, 0.717) is 12.8 Å². The highest BCUT2D eigenvalue weighted by Crippen LogP contribution is 2.68. The first-order valence-corrected chi connectivity index (χ1v) is 13.1. The van der Waals surface area contributed by atoms with Gasteiger partial charge in [0.15, 0.2) is 6.29 Å². The Kier molecular flexibility index (Phi) is 7.49. The molecule has 0 aromatic heterocycles. The van der Waals surface area contributed by atoms with Crippen molar-refractivity contribution in [2.75, 3.05) is 13.2 Å². The van der Waals surface area contributed by atoms with Gasteiger partial charge >= 0.3 is 5.97 Å². The summed E-state index contributed by atoms with van der Waals surface area (Å²) in [6.07, 6.45) is -1.99. The Balaban J connectivity index is 1.61. The Bertz CT molecular complexity index is 877. The van der Waals surface area contributed by atoms with Gasteiger partial charge in [0.25, 0.3) is 0 Å². The maximum atomic E-state index is 13.4. The van der Waals surface area contributed by atoms with Crippen LogP contribution in [0.5, 0.6) is 0 Å². The van der Waals surface area contributed by atoms with E-state index in [9.17, 15) is 30.0 Å². The van der Waals surface area contributed by atoms with Crippen LogP contribution in [0.15, 0.2) is 12.7 Å². The van der Waals surface area contributed by atoms with E-state index < -0.39 is 60.2 Å². The molecule has 3 saturated carbocycles. The van der Waals surface area contributed by atoms with Crippen LogP contribution < -0.4 is 0 Å². The fourth-order valence-electron chi connectivity index (χ4n) is 7.77. The minimum atomic E-state index is -1.52. The predicted octanol–water partition coefficient (Wildman–Crippen LogP) is 1.35. The molecule has 4 N–H and O–H groups in total. The molecule has 4 aliphatic rings. The van der Waals surface area contributed by atoms with E-state index in [2.05, 4.69) is 27.4 Å². The van der Waals surface area contributed by atoms with Gasteiger partial charge in [0.2, 0.25) is 0 Å². The summed E-state index contributed by atoms with van der Waals surface area (Å²) in [6, 6.07) is 0. The summed E-state index contributed by atoms with van der Waals surface area (Å²) in [5.74, 6) is -0.856. The number of hydrogen-bond donors (Lipinski definition) is 4. The maximum absolute atomic E-state index is 13.4. The number of Topliss-reactive ketones (excluding diaryl/α,β-unsaturated/α-hetero) is 1. The lowest BCUT2D eigenvalue weighted by Gasteiger charge is -2.61. The third kappa shape index (κ3) is 4.16. The number of carbonyl (C=O) groups is 2. The molecular weight excluding hydrogens is 468 g/mol. The van der Waals surface area contributed by atoms with Crippen molar-refractivity contribution < 1.29 is 44.2 Å². The summed E-state index contributed by atoms with van der Waals surface area (Å²) >= 11 is 0. The van der Waals surface area contributed by atoms with Crippen LogP contribution in [-0.2, 0) is 23.8 Å². The molecule has 9 nitrogen and oxygen atoms in total. The highest BCUT2D eigenvalue weighted by Gasteiger charge is 2.68. The summed E-state index contributed by atoms with van der Waals surface area (Å²) in [5.41, 5.74) is -1.74. The second kappa shape index (κ2) is 9.75. The number of ketones is 1. The third-order valence-electron chi connectivity index (χ3n) is 10.4. The van der Waals surface area contributed by atoms with Crippen LogP contribution >= 0.6 is 0 Å². The fourth-order valence-corrected chi connectivity index (χ4v) is 7.77. The number of ether oxygens (including phenoxy) is 3. The maximum Gasteiger partial charge on any atom is 0.332 e. The zero-order valence-electron chi connectivity index (χ0n) is 21.8. The molecule has 0 aromatic rings. The highest BCUT2D eigenvalue weighted by molar-refractivity contribution is 5.85. The zero-order chi connectivity index (χ0) is 26.6. The lowest BCUT2D eigenvalue weighted by Crippen LogP contribution is -2.63. The van der Waals surface area contributed by atoms with Crippen LogP contribution in [-0.4, -0.2) is 82.2 Å². The van der Waals surface area contributed by atoms with Gasteiger partial charge in [-0.3, -0.25) is 4.79 Å². The molecule has 4 fully saturated rings. The topological polar surface area (TPSA) is 143 Å². The first-order valence-electron chi connectivity index (χ1n) is 13.1. The Morgan fingerprint density at radius 3 is 2.53 bits per heavy atom.